The molecule has 0 saturated heterocycles. The molecule has 0 heterocycles. The molecule has 2 aromatic rings. The first-order chi connectivity index (χ1) is 12.3. The van der Waals surface area contributed by atoms with Crippen LogP contribution in [0.5, 0.6) is 0 Å². The summed E-state index contributed by atoms with van der Waals surface area (Å²) >= 11 is 15.4. The zero-order valence-electron chi connectivity index (χ0n) is 14.4. The maximum absolute atomic E-state index is 12.9. The Morgan fingerprint density at radius 2 is 1.69 bits per heavy atom. The summed E-state index contributed by atoms with van der Waals surface area (Å²) in [5.41, 5.74) is 1.68. The topological polar surface area (TPSA) is 49.4 Å². The van der Waals surface area contributed by atoms with Crippen molar-refractivity contribution in [3.8, 4) is 0 Å². The second-order valence-corrected chi connectivity index (χ2v) is 7.59. The van der Waals surface area contributed by atoms with Crippen LogP contribution in [0.1, 0.15) is 18.1 Å². The van der Waals surface area contributed by atoms with Crippen LogP contribution in [0.15, 0.2) is 46.9 Å². The smallest absolute Gasteiger partial charge is 0.242 e. The van der Waals surface area contributed by atoms with Gasteiger partial charge in [0.1, 0.15) is 6.04 Å². The maximum atomic E-state index is 12.9. The van der Waals surface area contributed by atoms with E-state index in [0.717, 1.165) is 15.6 Å². The third-order valence-corrected chi connectivity index (χ3v) is 5.29. The van der Waals surface area contributed by atoms with Gasteiger partial charge in [0.05, 0.1) is 16.5 Å². The van der Waals surface area contributed by atoms with Crippen molar-refractivity contribution in [2.45, 2.75) is 25.9 Å². The number of hydrogen-bond acceptors (Lipinski definition) is 2. The molecule has 0 saturated carbocycles. The van der Waals surface area contributed by atoms with Gasteiger partial charge in [-0.25, -0.2) is 0 Å². The molecule has 4 nitrogen and oxygen atoms in total. The predicted molar refractivity (Wildman–Crippen MR) is 108 cm³/mol. The Bertz CT molecular complexity index is 797. The van der Waals surface area contributed by atoms with Crippen LogP contribution >= 0.6 is 39.1 Å². The Labute approximate surface area is 171 Å². The van der Waals surface area contributed by atoms with E-state index in [2.05, 4.69) is 21.2 Å². The van der Waals surface area contributed by atoms with Crippen molar-refractivity contribution in [2.75, 3.05) is 7.05 Å². The number of carbonyl (C=O) groups is 2. The first-order valence-corrected chi connectivity index (χ1v) is 9.56. The maximum Gasteiger partial charge on any atom is 0.242 e. The molecule has 2 aromatic carbocycles. The number of likely N-dealkylation sites (N-methyl/N-ethyl adjacent to an activating group) is 1. The van der Waals surface area contributed by atoms with Crippen molar-refractivity contribution < 1.29 is 9.59 Å². The fourth-order valence-corrected chi connectivity index (χ4v) is 3.09. The lowest BCUT2D eigenvalue weighted by Crippen LogP contribution is -2.47. The molecule has 2 amide bonds. The van der Waals surface area contributed by atoms with Crippen LogP contribution in [0.4, 0.5) is 0 Å². The molecule has 138 valence electrons. The number of nitrogens with one attached hydrogen (secondary N) is 1. The van der Waals surface area contributed by atoms with Crippen LogP contribution in [0.3, 0.4) is 0 Å². The van der Waals surface area contributed by atoms with Crippen molar-refractivity contribution in [2.24, 2.45) is 0 Å². The first kappa shape index (κ1) is 20.7. The molecule has 0 fully saturated rings. The number of rotatable bonds is 6. The van der Waals surface area contributed by atoms with Crippen molar-refractivity contribution in [3.63, 3.8) is 0 Å². The summed E-state index contributed by atoms with van der Waals surface area (Å²) in [5.74, 6) is -0.382. The Morgan fingerprint density at radius 1 is 1.08 bits per heavy atom. The van der Waals surface area contributed by atoms with Gasteiger partial charge in [-0.15, -0.1) is 0 Å². The lowest BCUT2D eigenvalue weighted by Gasteiger charge is -2.28. The molecule has 0 aliphatic heterocycles. The summed E-state index contributed by atoms with van der Waals surface area (Å²) in [4.78, 5) is 26.6. The van der Waals surface area contributed by atoms with E-state index in [-0.39, 0.29) is 18.2 Å². The molecule has 0 bridgehead atoms. The van der Waals surface area contributed by atoms with E-state index in [1.54, 1.807) is 37.1 Å². The Balaban J connectivity index is 2.23. The number of carbonyl (C=O) groups excluding carboxylic acids is 2. The highest BCUT2D eigenvalue weighted by Crippen LogP contribution is 2.23. The normalized spacial score (nSPS) is 11.7. The Morgan fingerprint density at radius 3 is 2.27 bits per heavy atom. The quantitative estimate of drug-likeness (QED) is 0.695. The van der Waals surface area contributed by atoms with Crippen molar-refractivity contribution in [1.29, 1.82) is 0 Å². The van der Waals surface area contributed by atoms with Crippen molar-refractivity contribution in [3.05, 3.63) is 68.1 Å². The monoisotopic (exact) mass is 456 g/mol. The van der Waals surface area contributed by atoms with Crippen molar-refractivity contribution >= 4 is 50.9 Å². The lowest BCUT2D eigenvalue weighted by atomic mass is 10.1. The highest BCUT2D eigenvalue weighted by Gasteiger charge is 2.25. The minimum atomic E-state index is -0.598. The number of amides is 2. The molecule has 1 atom stereocenters. The highest BCUT2D eigenvalue weighted by atomic mass is 79.9. The van der Waals surface area contributed by atoms with Gasteiger partial charge in [0.25, 0.3) is 0 Å². The van der Waals surface area contributed by atoms with Crippen LogP contribution in [0, 0.1) is 0 Å². The largest absolute Gasteiger partial charge is 0.357 e. The van der Waals surface area contributed by atoms with Gasteiger partial charge in [-0.05, 0) is 42.3 Å². The van der Waals surface area contributed by atoms with Crippen LogP contribution in [0.25, 0.3) is 0 Å². The van der Waals surface area contributed by atoms with Crippen LogP contribution in [0.2, 0.25) is 10.0 Å². The zero-order valence-corrected chi connectivity index (χ0v) is 17.5. The molecule has 7 heteroatoms. The summed E-state index contributed by atoms with van der Waals surface area (Å²) in [5, 5.41) is 3.43. The molecular weight excluding hydrogens is 439 g/mol. The second-order valence-electron chi connectivity index (χ2n) is 5.86. The van der Waals surface area contributed by atoms with Crippen LogP contribution in [-0.4, -0.2) is 29.8 Å². The molecule has 0 aliphatic carbocycles. The second kappa shape index (κ2) is 9.40. The third-order valence-electron chi connectivity index (χ3n) is 4.02. The van der Waals surface area contributed by atoms with Crippen LogP contribution < -0.4 is 5.32 Å². The van der Waals surface area contributed by atoms with Crippen LogP contribution in [-0.2, 0) is 22.6 Å². The van der Waals surface area contributed by atoms with Gasteiger partial charge in [-0.1, -0.05) is 57.3 Å². The van der Waals surface area contributed by atoms with Gasteiger partial charge in [0.2, 0.25) is 11.8 Å². The Hall–Kier alpha value is -1.56. The van der Waals surface area contributed by atoms with Gasteiger partial charge in [0.15, 0.2) is 0 Å². The first-order valence-electron chi connectivity index (χ1n) is 8.01. The van der Waals surface area contributed by atoms with Gasteiger partial charge in [0, 0.05) is 18.1 Å². The zero-order chi connectivity index (χ0) is 19.3. The SMILES string of the molecule is CNC(=O)[C@H](C)N(Cc1ccc(Br)cc1)C(=O)Cc1ccc(Cl)c(Cl)c1. The highest BCUT2D eigenvalue weighted by molar-refractivity contribution is 9.10. The average molecular weight is 458 g/mol. The van der Waals surface area contributed by atoms with E-state index in [9.17, 15) is 9.59 Å². The van der Waals surface area contributed by atoms with Gasteiger partial charge < -0.3 is 10.2 Å². The summed E-state index contributed by atoms with van der Waals surface area (Å²) < 4.78 is 0.953. The molecule has 1 N–H and O–H groups in total. The fourth-order valence-electron chi connectivity index (χ4n) is 2.50. The predicted octanol–water partition coefficient (Wildman–Crippen LogP) is 4.46. The summed E-state index contributed by atoms with van der Waals surface area (Å²) in [6, 6.07) is 12.1. The third kappa shape index (κ3) is 5.47. The van der Waals surface area contributed by atoms with E-state index in [1.165, 1.54) is 0 Å². The van der Waals surface area contributed by atoms with Crippen molar-refractivity contribution in [1.82, 2.24) is 10.2 Å². The molecule has 0 radical (unpaired) electrons. The van der Waals surface area contributed by atoms with E-state index < -0.39 is 6.04 Å². The average Bonchev–Trinajstić information content (AvgIpc) is 2.63. The number of hydrogen-bond donors (Lipinski definition) is 1. The molecule has 26 heavy (non-hydrogen) atoms. The van der Waals surface area contributed by atoms with E-state index in [0.29, 0.717) is 16.6 Å². The van der Waals surface area contributed by atoms with E-state index in [1.807, 2.05) is 24.3 Å². The molecular formula is C19H19BrCl2N2O2. The van der Waals surface area contributed by atoms with Gasteiger partial charge in [-0.2, -0.15) is 0 Å². The molecule has 0 spiro atoms. The summed E-state index contributed by atoms with van der Waals surface area (Å²) in [7, 11) is 1.56. The number of halogens is 3. The number of nitrogens with zero attached hydrogens (tertiary/aromatic N) is 1. The molecule has 2 rings (SSSR count). The minimum absolute atomic E-state index is 0.134. The Kier molecular flexibility index (Phi) is 7.50. The number of benzene rings is 2. The lowest BCUT2D eigenvalue weighted by molar-refractivity contribution is -0.139. The van der Waals surface area contributed by atoms with Gasteiger partial charge >= 0.3 is 0 Å². The molecule has 0 aliphatic rings. The van der Waals surface area contributed by atoms with Gasteiger partial charge in [-0.3, -0.25) is 9.59 Å². The summed E-state index contributed by atoms with van der Waals surface area (Å²) in [6.07, 6.45) is 0.134. The minimum Gasteiger partial charge on any atom is -0.357 e. The fraction of sp³-hybridized carbons (Fsp3) is 0.263. The van der Waals surface area contributed by atoms with E-state index >= 15 is 0 Å². The van der Waals surface area contributed by atoms with E-state index in [4.69, 9.17) is 23.2 Å². The molecule has 0 unspecified atom stereocenters. The standard InChI is InChI=1S/C19H19BrCl2N2O2/c1-12(19(26)23-2)24(11-13-3-6-15(20)7-4-13)18(25)10-14-5-8-16(21)17(22)9-14/h3-9,12H,10-11H2,1-2H3,(H,23,26)/t12-/m0/s1. The molecule has 0 aromatic heterocycles. The summed E-state index contributed by atoms with van der Waals surface area (Å²) in [6.45, 7) is 2.05.